The fraction of sp³-hybridized carbons (Fsp3) is 0.242. The van der Waals surface area contributed by atoms with Crippen LogP contribution >= 0.6 is 11.6 Å². The van der Waals surface area contributed by atoms with Crippen LogP contribution in [-0.2, 0) is 16.9 Å². The van der Waals surface area contributed by atoms with Crippen molar-refractivity contribution in [2.75, 3.05) is 24.6 Å². The summed E-state index contributed by atoms with van der Waals surface area (Å²) in [5.41, 5.74) is 4.16. The average Bonchev–Trinajstić information content (AvgIpc) is 3.01. The summed E-state index contributed by atoms with van der Waals surface area (Å²) in [6.07, 6.45) is 2.53. The second-order valence-corrected chi connectivity index (χ2v) is 10.3. The molecule has 1 amide bonds. The van der Waals surface area contributed by atoms with Gasteiger partial charge in [0.25, 0.3) is 0 Å². The monoisotopic (exact) mass is 566 g/mol. The van der Waals surface area contributed by atoms with Gasteiger partial charge in [0, 0.05) is 29.9 Å². The molecule has 0 radical (unpaired) electrons. The van der Waals surface area contributed by atoms with Crippen molar-refractivity contribution in [2.45, 2.75) is 31.9 Å². The Kier molecular flexibility index (Phi) is 8.71. The molecule has 0 aliphatic carbocycles. The Morgan fingerprint density at radius 1 is 1.05 bits per heavy atom. The van der Waals surface area contributed by atoms with Gasteiger partial charge in [-0.1, -0.05) is 60.1 Å². The quantitative estimate of drug-likeness (QED) is 0.245. The highest BCUT2D eigenvalue weighted by atomic mass is 35.5. The summed E-state index contributed by atoms with van der Waals surface area (Å²) in [7, 11) is 0. The third-order valence-electron chi connectivity index (χ3n) is 7.37. The van der Waals surface area contributed by atoms with Gasteiger partial charge in [0.15, 0.2) is 0 Å². The molecular weight excluding hydrogens is 536 g/mol. The van der Waals surface area contributed by atoms with E-state index in [0.717, 1.165) is 33.8 Å². The lowest BCUT2D eigenvalue weighted by Crippen LogP contribution is -2.53. The average molecular weight is 567 g/mol. The molecule has 4 aromatic rings. The largest absolute Gasteiger partial charge is 0.493 e. The lowest BCUT2D eigenvalue weighted by atomic mass is 9.81. The molecule has 0 unspecified atom stereocenters. The number of pyridine rings is 1. The molecular formula is C33H31ClN4O3. The first-order valence-electron chi connectivity index (χ1n) is 13.6. The predicted molar refractivity (Wildman–Crippen MR) is 160 cm³/mol. The van der Waals surface area contributed by atoms with Gasteiger partial charge in [0.1, 0.15) is 18.4 Å². The number of carbonyl (C=O) groups excluding carboxylic acids is 1. The first kappa shape index (κ1) is 28.0. The van der Waals surface area contributed by atoms with Crippen LogP contribution in [0, 0.1) is 11.3 Å². The molecule has 1 aliphatic heterocycles. The molecule has 1 saturated heterocycles. The van der Waals surface area contributed by atoms with Crippen molar-refractivity contribution in [3.05, 3.63) is 113 Å². The summed E-state index contributed by atoms with van der Waals surface area (Å²) in [6, 6.07) is 29.0. The Labute approximate surface area is 245 Å². The number of rotatable bonds is 8. The number of piperidine rings is 1. The molecule has 208 valence electrons. The van der Waals surface area contributed by atoms with Gasteiger partial charge in [-0.3, -0.25) is 4.98 Å². The molecule has 1 aromatic heterocycles. The topological polar surface area (TPSA) is 87.5 Å². The van der Waals surface area contributed by atoms with E-state index in [1.807, 2.05) is 85.9 Å². The number of nitrogens with one attached hydrogen (secondary N) is 1. The molecule has 41 heavy (non-hydrogen) atoms. The standard InChI is InChI=1S/C33H31ClN4O3/c1-2-40-31-11-7-6-10-28(31)29-14-12-26(22-36-29)33(37-32(39)41-23-24-8-4-3-5-9-24)16-18-38(19-17-33)30-15-13-27(34)20-25(30)21-35/h3-15,20,22H,2,16-19,23H2,1H3,(H,37,39). The van der Waals surface area contributed by atoms with Crippen LogP contribution < -0.4 is 15.0 Å². The molecule has 7 nitrogen and oxygen atoms in total. The van der Waals surface area contributed by atoms with E-state index in [0.29, 0.717) is 43.1 Å². The summed E-state index contributed by atoms with van der Waals surface area (Å²) in [6.45, 7) is 3.92. The molecule has 3 aromatic carbocycles. The summed E-state index contributed by atoms with van der Waals surface area (Å²) in [4.78, 5) is 20.1. The molecule has 1 fully saturated rings. The first-order valence-corrected chi connectivity index (χ1v) is 14.0. The Morgan fingerprint density at radius 2 is 1.80 bits per heavy atom. The lowest BCUT2D eigenvalue weighted by Gasteiger charge is -2.43. The van der Waals surface area contributed by atoms with Crippen LogP contribution in [0.2, 0.25) is 5.02 Å². The van der Waals surface area contributed by atoms with E-state index in [2.05, 4.69) is 16.3 Å². The van der Waals surface area contributed by atoms with E-state index in [1.165, 1.54) is 0 Å². The molecule has 5 rings (SSSR count). The third kappa shape index (κ3) is 6.45. The maximum atomic E-state index is 13.1. The van der Waals surface area contributed by atoms with Gasteiger partial charge in [-0.15, -0.1) is 0 Å². The zero-order chi connectivity index (χ0) is 28.7. The number of para-hydroxylation sites is 1. The number of anilines is 1. The number of aromatic nitrogens is 1. The van der Waals surface area contributed by atoms with Crippen molar-refractivity contribution in [1.82, 2.24) is 10.3 Å². The van der Waals surface area contributed by atoms with Crippen LogP contribution in [-0.4, -0.2) is 30.8 Å². The van der Waals surface area contributed by atoms with Crippen LogP contribution in [0.15, 0.2) is 91.1 Å². The second-order valence-electron chi connectivity index (χ2n) is 9.89. The minimum absolute atomic E-state index is 0.177. The van der Waals surface area contributed by atoms with Crippen molar-refractivity contribution in [3.8, 4) is 23.1 Å². The van der Waals surface area contributed by atoms with Crippen molar-refractivity contribution in [1.29, 1.82) is 5.26 Å². The van der Waals surface area contributed by atoms with E-state index < -0.39 is 11.6 Å². The van der Waals surface area contributed by atoms with Gasteiger partial charge in [-0.25, -0.2) is 4.79 Å². The second kappa shape index (κ2) is 12.8. The number of nitrogens with zero attached hydrogens (tertiary/aromatic N) is 3. The number of alkyl carbamates (subject to hydrolysis) is 1. The number of carbonyl (C=O) groups is 1. The maximum Gasteiger partial charge on any atom is 0.408 e. The highest BCUT2D eigenvalue weighted by Gasteiger charge is 2.39. The molecule has 2 heterocycles. The number of ether oxygens (including phenoxy) is 2. The molecule has 1 aliphatic rings. The van der Waals surface area contributed by atoms with Gasteiger partial charge >= 0.3 is 6.09 Å². The maximum absolute atomic E-state index is 13.1. The zero-order valence-electron chi connectivity index (χ0n) is 22.8. The highest BCUT2D eigenvalue weighted by Crippen LogP contribution is 2.37. The van der Waals surface area contributed by atoms with Crippen LogP contribution in [0.5, 0.6) is 5.75 Å². The van der Waals surface area contributed by atoms with Gasteiger partial charge in [-0.2, -0.15) is 5.26 Å². The number of benzene rings is 3. The summed E-state index contributed by atoms with van der Waals surface area (Å²) < 4.78 is 11.4. The number of nitriles is 1. The SMILES string of the molecule is CCOc1ccccc1-c1ccc(C2(NC(=O)OCc3ccccc3)CCN(c3ccc(Cl)cc3C#N)CC2)cn1. The van der Waals surface area contributed by atoms with Crippen molar-refractivity contribution >= 4 is 23.4 Å². The van der Waals surface area contributed by atoms with Gasteiger partial charge < -0.3 is 19.7 Å². The normalized spacial score (nSPS) is 14.1. The Balaban J connectivity index is 1.40. The predicted octanol–water partition coefficient (Wildman–Crippen LogP) is 7.09. The molecule has 8 heteroatoms. The minimum Gasteiger partial charge on any atom is -0.493 e. The van der Waals surface area contributed by atoms with Crippen molar-refractivity contribution in [2.24, 2.45) is 0 Å². The number of amides is 1. The van der Waals surface area contributed by atoms with E-state index in [9.17, 15) is 10.1 Å². The van der Waals surface area contributed by atoms with E-state index >= 15 is 0 Å². The van der Waals surface area contributed by atoms with E-state index in [-0.39, 0.29) is 6.61 Å². The molecule has 0 saturated carbocycles. The summed E-state index contributed by atoms with van der Waals surface area (Å²) in [5.74, 6) is 0.775. The van der Waals surface area contributed by atoms with Gasteiger partial charge in [-0.05, 0) is 67.3 Å². The Bertz CT molecular complexity index is 1530. The fourth-order valence-electron chi connectivity index (χ4n) is 5.24. The molecule has 0 bridgehead atoms. The van der Waals surface area contributed by atoms with E-state index in [4.69, 9.17) is 26.1 Å². The molecule has 0 atom stereocenters. The van der Waals surface area contributed by atoms with Gasteiger partial charge in [0.2, 0.25) is 0 Å². The van der Waals surface area contributed by atoms with E-state index in [1.54, 1.807) is 12.1 Å². The van der Waals surface area contributed by atoms with Crippen LogP contribution in [0.25, 0.3) is 11.3 Å². The lowest BCUT2D eigenvalue weighted by molar-refractivity contribution is 0.120. The highest BCUT2D eigenvalue weighted by molar-refractivity contribution is 6.30. The third-order valence-corrected chi connectivity index (χ3v) is 7.60. The Morgan fingerprint density at radius 3 is 2.51 bits per heavy atom. The fourth-order valence-corrected chi connectivity index (χ4v) is 5.41. The van der Waals surface area contributed by atoms with Crippen LogP contribution in [0.1, 0.15) is 36.5 Å². The van der Waals surface area contributed by atoms with Crippen LogP contribution in [0.3, 0.4) is 0 Å². The summed E-state index contributed by atoms with van der Waals surface area (Å²) in [5, 5.41) is 13.4. The summed E-state index contributed by atoms with van der Waals surface area (Å²) >= 11 is 6.13. The van der Waals surface area contributed by atoms with Crippen molar-refractivity contribution in [3.63, 3.8) is 0 Å². The zero-order valence-corrected chi connectivity index (χ0v) is 23.6. The molecule has 1 N–H and O–H groups in total. The molecule has 0 spiro atoms. The number of halogens is 1. The number of hydrogen-bond donors (Lipinski definition) is 1. The Hall–Kier alpha value is -4.54. The number of hydrogen-bond acceptors (Lipinski definition) is 6. The van der Waals surface area contributed by atoms with Crippen molar-refractivity contribution < 1.29 is 14.3 Å². The van der Waals surface area contributed by atoms with Gasteiger partial charge in [0.05, 0.1) is 29.1 Å². The smallest absolute Gasteiger partial charge is 0.408 e. The minimum atomic E-state index is -0.700. The first-order chi connectivity index (χ1) is 20.0. The van der Waals surface area contributed by atoms with Crippen LogP contribution in [0.4, 0.5) is 10.5 Å².